The van der Waals surface area contributed by atoms with Crippen molar-refractivity contribution in [3.8, 4) is 0 Å². The minimum atomic E-state index is -7.62. The molecule has 0 aliphatic carbocycles. The molecular formula is C7HF11Na2O7S. The van der Waals surface area contributed by atoms with Gasteiger partial charge in [0.15, 0.2) is 10.1 Å². The van der Waals surface area contributed by atoms with Gasteiger partial charge >= 0.3 is 88.6 Å². The van der Waals surface area contributed by atoms with E-state index in [1.807, 2.05) is 4.74 Å². The summed E-state index contributed by atoms with van der Waals surface area (Å²) in [4.78, 5) is 9.75. The first-order chi connectivity index (χ1) is 11.0. The van der Waals surface area contributed by atoms with Crippen molar-refractivity contribution in [1.82, 2.24) is 0 Å². The van der Waals surface area contributed by atoms with E-state index in [2.05, 4.69) is 0 Å². The number of carbonyl (C=O) groups is 1. The first-order valence-corrected chi connectivity index (χ1v) is 6.52. The van der Waals surface area contributed by atoms with E-state index in [1.165, 1.54) is 4.74 Å². The topological polar surface area (TPSA) is 116 Å². The number of carboxylic acid groups (broad SMARTS) is 1. The van der Waals surface area contributed by atoms with Gasteiger partial charge in [-0.25, -0.2) is 12.8 Å². The second-order valence-electron chi connectivity index (χ2n) is 3.95. The van der Waals surface area contributed by atoms with E-state index >= 15 is 0 Å². The third-order valence-corrected chi connectivity index (χ3v) is 2.96. The maximum absolute atomic E-state index is 13.4. The van der Waals surface area contributed by atoms with Crippen LogP contribution >= 0.6 is 0 Å². The number of carboxylic acids is 1. The fourth-order valence-corrected chi connectivity index (χ4v) is 1.25. The number of halogens is 11. The van der Waals surface area contributed by atoms with Crippen molar-refractivity contribution in [1.29, 1.82) is 0 Å². The van der Waals surface area contributed by atoms with Crippen LogP contribution in [0.2, 0.25) is 0 Å². The van der Waals surface area contributed by atoms with Crippen LogP contribution in [-0.2, 0) is 24.4 Å². The first-order valence-electron chi connectivity index (χ1n) is 5.11. The Hall–Kier alpha value is 0.530. The number of ether oxygens (including phenoxy) is 2. The van der Waals surface area contributed by atoms with Gasteiger partial charge in [-0.2, -0.15) is 43.9 Å². The van der Waals surface area contributed by atoms with Gasteiger partial charge in [-0.3, -0.25) is 9.47 Å². The Kier molecular flexibility index (Phi) is 11.6. The fraction of sp³-hybridized carbons (Fsp3) is 0.857. The zero-order valence-electron chi connectivity index (χ0n) is 13.0. The molecule has 0 N–H and O–H groups in total. The van der Waals surface area contributed by atoms with E-state index in [4.69, 9.17) is 0 Å². The molecule has 0 fully saturated rings. The minimum Gasteiger partial charge on any atom is -0.743 e. The molecule has 156 valence electrons. The number of carbonyl (C=O) groups excluding carboxylic acids is 1. The molecule has 28 heavy (non-hydrogen) atoms. The van der Waals surface area contributed by atoms with Gasteiger partial charge < -0.3 is 14.5 Å². The van der Waals surface area contributed by atoms with Crippen molar-refractivity contribution in [3.05, 3.63) is 0 Å². The van der Waals surface area contributed by atoms with Crippen LogP contribution in [0.4, 0.5) is 48.3 Å². The SMILES string of the molecule is O=C([O-])C(F)OC(F)(F)C(F)(OC(F)(F)C(F)(F)S(=O)(=O)[O-])C(F)(F)F.[Na+].[Na+]. The van der Waals surface area contributed by atoms with E-state index in [0.717, 1.165) is 0 Å². The molecule has 2 unspecified atom stereocenters. The van der Waals surface area contributed by atoms with Crippen molar-refractivity contribution in [2.75, 3.05) is 0 Å². The molecule has 0 aliphatic heterocycles. The van der Waals surface area contributed by atoms with Crippen LogP contribution < -0.4 is 64.2 Å². The van der Waals surface area contributed by atoms with Gasteiger partial charge in [0, 0.05) is 0 Å². The quantitative estimate of drug-likeness (QED) is 0.192. The number of alkyl halides is 11. The number of hydrogen-bond acceptors (Lipinski definition) is 7. The zero-order chi connectivity index (χ0) is 21.6. The molecule has 2 atom stereocenters. The molecule has 0 aliphatic rings. The summed E-state index contributed by atoms with van der Waals surface area (Å²) >= 11 is 0. The summed E-state index contributed by atoms with van der Waals surface area (Å²) in [7, 11) is -7.62. The summed E-state index contributed by atoms with van der Waals surface area (Å²) in [6.07, 6.45) is -26.7. The summed E-state index contributed by atoms with van der Waals surface area (Å²) in [6.45, 7) is 0. The standard InChI is InChI=1S/C7H3F11O7S.2Na/c8-1(2(19)20)24-5(13,14)3(9,4(10,11)12)25-6(15,16)7(17,18)26(21,22)23;;/h1H,(H,19,20)(H,21,22,23);;/q;2*+1/p-2. The molecule has 0 heterocycles. The Morgan fingerprint density at radius 3 is 1.46 bits per heavy atom. The normalized spacial score (nSPS) is 17.0. The maximum Gasteiger partial charge on any atom is 1.00 e. The predicted molar refractivity (Wildman–Crippen MR) is 46.5 cm³/mol. The summed E-state index contributed by atoms with van der Waals surface area (Å²) in [5.74, 6) is -10.8. The summed E-state index contributed by atoms with van der Waals surface area (Å²) in [6, 6.07) is 0. The van der Waals surface area contributed by atoms with Crippen molar-refractivity contribution in [2.45, 2.75) is 35.9 Å². The molecular weight excluding hydrogens is 483 g/mol. The van der Waals surface area contributed by atoms with E-state index in [-0.39, 0.29) is 59.1 Å². The number of rotatable bonds is 8. The van der Waals surface area contributed by atoms with Gasteiger partial charge in [-0.15, -0.1) is 0 Å². The van der Waals surface area contributed by atoms with Crippen molar-refractivity contribution in [3.63, 3.8) is 0 Å². The Labute approximate surface area is 190 Å². The second-order valence-corrected chi connectivity index (χ2v) is 5.37. The van der Waals surface area contributed by atoms with Crippen molar-refractivity contribution >= 4 is 16.1 Å². The number of hydrogen-bond donors (Lipinski definition) is 0. The van der Waals surface area contributed by atoms with Crippen LogP contribution in [0, 0.1) is 0 Å². The molecule has 0 bridgehead atoms. The van der Waals surface area contributed by atoms with Gasteiger partial charge in [0.2, 0.25) is 6.36 Å². The predicted octanol–water partition coefficient (Wildman–Crippen LogP) is -5.38. The minimum absolute atomic E-state index is 0. The van der Waals surface area contributed by atoms with E-state index in [9.17, 15) is 71.2 Å². The van der Waals surface area contributed by atoms with E-state index in [0.29, 0.717) is 0 Å². The van der Waals surface area contributed by atoms with Crippen LogP contribution in [0.3, 0.4) is 0 Å². The third kappa shape index (κ3) is 6.51. The molecule has 7 nitrogen and oxygen atoms in total. The van der Waals surface area contributed by atoms with Crippen LogP contribution in [-0.4, -0.2) is 54.8 Å². The summed E-state index contributed by atoms with van der Waals surface area (Å²) in [5.41, 5.74) is 0. The zero-order valence-corrected chi connectivity index (χ0v) is 17.8. The van der Waals surface area contributed by atoms with Crippen LogP contribution in [0.25, 0.3) is 0 Å². The average Bonchev–Trinajstić information content (AvgIpc) is 2.34. The van der Waals surface area contributed by atoms with E-state index < -0.39 is 51.9 Å². The van der Waals surface area contributed by atoms with Gasteiger partial charge in [0.1, 0.15) is 5.97 Å². The van der Waals surface area contributed by atoms with Gasteiger partial charge in [-0.1, -0.05) is 0 Å². The van der Waals surface area contributed by atoms with Gasteiger partial charge in [0.25, 0.3) is 0 Å². The maximum atomic E-state index is 13.4. The molecule has 0 saturated heterocycles. The fourth-order valence-electron chi connectivity index (χ4n) is 0.918. The smallest absolute Gasteiger partial charge is 0.743 e. The van der Waals surface area contributed by atoms with Gasteiger partial charge in [0.05, 0.1) is 0 Å². The first kappa shape index (κ1) is 33.2. The van der Waals surface area contributed by atoms with Gasteiger partial charge in [-0.05, 0) is 0 Å². The Balaban J connectivity index is -0.00000312. The Morgan fingerprint density at radius 2 is 1.21 bits per heavy atom. The van der Waals surface area contributed by atoms with Crippen molar-refractivity contribution < 1.29 is 140 Å². The molecule has 0 saturated carbocycles. The Morgan fingerprint density at radius 1 is 0.857 bits per heavy atom. The van der Waals surface area contributed by atoms with Crippen LogP contribution in [0.15, 0.2) is 0 Å². The molecule has 0 aromatic heterocycles. The molecule has 0 radical (unpaired) electrons. The van der Waals surface area contributed by atoms with Crippen LogP contribution in [0.1, 0.15) is 0 Å². The molecule has 0 rings (SSSR count). The molecule has 0 amide bonds. The van der Waals surface area contributed by atoms with Crippen LogP contribution in [0.5, 0.6) is 0 Å². The largest absolute Gasteiger partial charge is 1.00 e. The third-order valence-electron chi connectivity index (χ3n) is 2.10. The van der Waals surface area contributed by atoms with Crippen molar-refractivity contribution in [2.24, 2.45) is 0 Å². The molecule has 0 spiro atoms. The Bertz CT molecular complexity index is 654. The molecule has 21 heteroatoms. The summed E-state index contributed by atoms with van der Waals surface area (Å²) in [5, 5.41) is 2.52. The molecule has 0 aromatic carbocycles. The summed E-state index contributed by atoms with van der Waals surface area (Å²) < 4.78 is 173. The second kappa shape index (κ2) is 9.77. The monoisotopic (exact) mass is 484 g/mol. The average molecular weight is 484 g/mol. The molecule has 0 aromatic rings. The number of aliphatic carboxylic acids is 1. The van der Waals surface area contributed by atoms with E-state index in [1.54, 1.807) is 0 Å².